The van der Waals surface area contributed by atoms with Crippen LogP contribution < -0.4 is 10.6 Å². The van der Waals surface area contributed by atoms with Crippen LogP contribution >= 0.6 is 24.0 Å². The summed E-state index contributed by atoms with van der Waals surface area (Å²) in [4.78, 5) is 18.7. The molecule has 1 aliphatic heterocycles. The van der Waals surface area contributed by atoms with Crippen molar-refractivity contribution in [2.45, 2.75) is 58.0 Å². The fourth-order valence-corrected chi connectivity index (χ4v) is 4.12. The molecule has 3 rings (SSSR count). The van der Waals surface area contributed by atoms with Crippen molar-refractivity contribution in [1.82, 2.24) is 15.5 Å². The molecule has 2 N–H and O–H groups in total. The standard InChI is InChI=1S/C21H28F4N4O.HI/c1-2-26-21(27-11-15-18(24)16(22)10-17(23)19(15)25)28-14-8-9-29(12-14)20(30)13-6-4-3-5-7-13;/h10,13-14H,2-9,11-12H2,1H3,(H2,26,27,28);1H. The van der Waals surface area contributed by atoms with Gasteiger partial charge in [0.2, 0.25) is 5.91 Å². The van der Waals surface area contributed by atoms with E-state index in [0.29, 0.717) is 19.6 Å². The van der Waals surface area contributed by atoms with Gasteiger partial charge in [-0.3, -0.25) is 4.79 Å². The number of guanidine groups is 1. The van der Waals surface area contributed by atoms with Crippen molar-refractivity contribution in [3.05, 3.63) is 34.9 Å². The molecule has 1 aromatic carbocycles. The molecule has 31 heavy (non-hydrogen) atoms. The van der Waals surface area contributed by atoms with Crippen LogP contribution in [-0.4, -0.2) is 42.4 Å². The van der Waals surface area contributed by atoms with Crippen LogP contribution in [0.4, 0.5) is 17.6 Å². The number of carbonyl (C=O) groups excluding carboxylic acids is 1. The van der Waals surface area contributed by atoms with Crippen LogP contribution in [0.3, 0.4) is 0 Å². The Bertz CT molecular complexity index is 776. The maximum atomic E-state index is 13.9. The van der Waals surface area contributed by atoms with Crippen molar-refractivity contribution in [1.29, 1.82) is 0 Å². The minimum Gasteiger partial charge on any atom is -0.357 e. The molecule has 0 bridgehead atoms. The molecule has 1 atom stereocenters. The second-order valence-electron chi connectivity index (χ2n) is 7.89. The van der Waals surface area contributed by atoms with Crippen molar-refractivity contribution >= 4 is 35.8 Å². The Balaban J connectivity index is 0.00000341. The summed E-state index contributed by atoms with van der Waals surface area (Å²) in [7, 11) is 0. The van der Waals surface area contributed by atoms with Crippen molar-refractivity contribution in [3.8, 4) is 0 Å². The molecule has 0 spiro atoms. The number of benzene rings is 1. The second-order valence-corrected chi connectivity index (χ2v) is 7.89. The van der Waals surface area contributed by atoms with Crippen LogP contribution in [-0.2, 0) is 11.3 Å². The minimum atomic E-state index is -1.45. The lowest BCUT2D eigenvalue weighted by atomic mass is 9.88. The number of likely N-dealkylation sites (tertiary alicyclic amines) is 1. The van der Waals surface area contributed by atoms with Crippen molar-refractivity contribution < 1.29 is 22.4 Å². The molecule has 1 aliphatic carbocycles. The van der Waals surface area contributed by atoms with E-state index in [1.165, 1.54) is 6.42 Å². The van der Waals surface area contributed by atoms with Crippen molar-refractivity contribution in [2.75, 3.05) is 19.6 Å². The number of nitrogens with one attached hydrogen (secondary N) is 2. The zero-order valence-electron chi connectivity index (χ0n) is 17.5. The first-order chi connectivity index (χ1) is 14.4. The molecular formula is C21H29F4IN4O. The van der Waals surface area contributed by atoms with E-state index >= 15 is 0 Å². The van der Waals surface area contributed by atoms with Gasteiger partial charge in [-0.2, -0.15) is 0 Å². The zero-order chi connectivity index (χ0) is 21.7. The minimum absolute atomic E-state index is 0. The SMILES string of the molecule is CCNC(=NCc1c(F)c(F)cc(F)c1F)NC1CCN(C(=O)C2CCCCC2)C1.I. The highest BCUT2D eigenvalue weighted by Crippen LogP contribution is 2.27. The molecule has 2 fully saturated rings. The quantitative estimate of drug-likeness (QED) is 0.189. The zero-order valence-corrected chi connectivity index (χ0v) is 19.9. The molecule has 5 nitrogen and oxygen atoms in total. The summed E-state index contributed by atoms with van der Waals surface area (Å²) < 4.78 is 54.5. The highest BCUT2D eigenvalue weighted by molar-refractivity contribution is 14.0. The summed E-state index contributed by atoms with van der Waals surface area (Å²) in [5, 5.41) is 6.11. The largest absolute Gasteiger partial charge is 0.357 e. The third-order valence-electron chi connectivity index (χ3n) is 5.74. The van der Waals surface area contributed by atoms with E-state index in [-0.39, 0.29) is 53.9 Å². The first-order valence-electron chi connectivity index (χ1n) is 10.6. The molecular weight excluding hydrogens is 527 g/mol. The van der Waals surface area contributed by atoms with Crippen LogP contribution in [0.2, 0.25) is 0 Å². The number of rotatable bonds is 5. The van der Waals surface area contributed by atoms with Gasteiger partial charge in [0.15, 0.2) is 29.2 Å². The maximum Gasteiger partial charge on any atom is 0.225 e. The number of nitrogens with zero attached hydrogens (tertiary/aromatic N) is 2. The Labute approximate surface area is 197 Å². The van der Waals surface area contributed by atoms with Gasteiger partial charge in [-0.15, -0.1) is 24.0 Å². The Morgan fingerprint density at radius 1 is 1.10 bits per heavy atom. The topological polar surface area (TPSA) is 56.7 Å². The fraction of sp³-hybridized carbons (Fsp3) is 0.619. The van der Waals surface area contributed by atoms with Gasteiger partial charge in [-0.1, -0.05) is 19.3 Å². The lowest BCUT2D eigenvalue weighted by Crippen LogP contribution is -2.45. The van der Waals surface area contributed by atoms with E-state index in [2.05, 4.69) is 15.6 Å². The molecule has 1 heterocycles. The number of halogens is 5. The molecule has 10 heteroatoms. The van der Waals surface area contributed by atoms with E-state index in [1.807, 2.05) is 11.8 Å². The van der Waals surface area contributed by atoms with Gasteiger partial charge in [-0.05, 0) is 26.2 Å². The number of amides is 1. The van der Waals surface area contributed by atoms with E-state index in [4.69, 9.17) is 0 Å². The summed E-state index contributed by atoms with van der Waals surface area (Å²) in [6.45, 7) is 2.93. The highest BCUT2D eigenvalue weighted by Gasteiger charge is 2.31. The van der Waals surface area contributed by atoms with E-state index < -0.39 is 35.4 Å². The van der Waals surface area contributed by atoms with Gasteiger partial charge in [-0.25, -0.2) is 22.6 Å². The number of hydrogen-bond donors (Lipinski definition) is 2. The van der Waals surface area contributed by atoms with E-state index in [0.717, 1.165) is 32.1 Å². The predicted molar refractivity (Wildman–Crippen MR) is 121 cm³/mol. The van der Waals surface area contributed by atoms with Crippen LogP contribution in [0.25, 0.3) is 0 Å². The van der Waals surface area contributed by atoms with Gasteiger partial charge in [0.05, 0.1) is 12.1 Å². The number of carbonyl (C=O) groups is 1. The Hall–Kier alpha value is -1.59. The third kappa shape index (κ3) is 6.45. The monoisotopic (exact) mass is 556 g/mol. The average Bonchev–Trinajstić information content (AvgIpc) is 3.21. The van der Waals surface area contributed by atoms with Gasteiger partial charge in [0.25, 0.3) is 0 Å². The summed E-state index contributed by atoms with van der Waals surface area (Å²) in [5.41, 5.74) is -0.759. The number of hydrogen-bond acceptors (Lipinski definition) is 2. The molecule has 1 unspecified atom stereocenters. The Morgan fingerprint density at radius 3 is 2.35 bits per heavy atom. The average molecular weight is 556 g/mol. The molecule has 2 aliphatic rings. The smallest absolute Gasteiger partial charge is 0.225 e. The van der Waals surface area contributed by atoms with Crippen LogP contribution in [0.15, 0.2) is 11.1 Å². The molecule has 1 amide bonds. The van der Waals surface area contributed by atoms with E-state index in [1.54, 1.807) is 0 Å². The maximum absolute atomic E-state index is 13.9. The summed E-state index contributed by atoms with van der Waals surface area (Å²) in [5.74, 6) is -5.22. The first kappa shape index (κ1) is 25.7. The summed E-state index contributed by atoms with van der Waals surface area (Å²) in [6, 6.07) is 0.117. The van der Waals surface area contributed by atoms with Crippen molar-refractivity contribution in [3.63, 3.8) is 0 Å². The third-order valence-corrected chi connectivity index (χ3v) is 5.74. The van der Waals surface area contributed by atoms with Crippen LogP contribution in [0.1, 0.15) is 51.0 Å². The molecule has 0 aromatic heterocycles. The van der Waals surface area contributed by atoms with Gasteiger partial charge >= 0.3 is 0 Å². The summed E-state index contributed by atoms with van der Waals surface area (Å²) in [6.07, 6.45) is 5.98. The van der Waals surface area contributed by atoms with Crippen molar-refractivity contribution in [2.24, 2.45) is 10.9 Å². The van der Waals surface area contributed by atoms with Gasteiger partial charge < -0.3 is 15.5 Å². The predicted octanol–water partition coefficient (Wildman–Crippen LogP) is 4.10. The van der Waals surface area contributed by atoms with E-state index in [9.17, 15) is 22.4 Å². The number of aliphatic imine (C=N–C) groups is 1. The normalized spacial score (nSPS) is 19.8. The fourth-order valence-electron chi connectivity index (χ4n) is 4.12. The Morgan fingerprint density at radius 2 is 1.74 bits per heavy atom. The van der Waals surface area contributed by atoms with Crippen LogP contribution in [0.5, 0.6) is 0 Å². The highest BCUT2D eigenvalue weighted by atomic mass is 127. The second kappa shape index (κ2) is 11.9. The summed E-state index contributed by atoms with van der Waals surface area (Å²) >= 11 is 0. The first-order valence-corrected chi connectivity index (χ1v) is 10.6. The molecule has 1 saturated carbocycles. The lowest BCUT2D eigenvalue weighted by Gasteiger charge is -2.26. The van der Waals surface area contributed by atoms with Gasteiger partial charge in [0.1, 0.15) is 0 Å². The molecule has 1 aromatic rings. The molecule has 1 saturated heterocycles. The molecule has 0 radical (unpaired) electrons. The van der Waals surface area contributed by atoms with Crippen LogP contribution in [0, 0.1) is 29.2 Å². The Kier molecular flexibility index (Phi) is 9.83. The van der Waals surface area contributed by atoms with Gasteiger partial charge in [0, 0.05) is 37.7 Å². The lowest BCUT2D eigenvalue weighted by molar-refractivity contribution is -0.135. The molecule has 174 valence electrons.